The normalized spacial score (nSPS) is 10.8. The number of carboxylic acid groups (broad SMARTS) is 1. The molecule has 0 bridgehead atoms. The molecule has 0 aliphatic carbocycles. The van der Waals surface area contributed by atoms with E-state index in [9.17, 15) is 14.0 Å². The molecule has 0 amide bonds. The number of fused-ring (bicyclic) bond motifs is 1. The van der Waals surface area contributed by atoms with Crippen LogP contribution in [0.2, 0.25) is 0 Å². The van der Waals surface area contributed by atoms with Crippen LogP contribution in [-0.4, -0.2) is 20.6 Å². The van der Waals surface area contributed by atoms with Crippen LogP contribution in [0.25, 0.3) is 16.7 Å². The fraction of sp³-hybridized carbons (Fsp3) is 0. The summed E-state index contributed by atoms with van der Waals surface area (Å²) in [4.78, 5) is 25.5. The third-order valence-electron chi connectivity index (χ3n) is 3.02. The summed E-state index contributed by atoms with van der Waals surface area (Å²) >= 11 is 0. The Balaban J connectivity index is 2.38. The van der Waals surface area contributed by atoms with Crippen molar-refractivity contribution in [1.82, 2.24) is 9.55 Å². The van der Waals surface area contributed by atoms with Gasteiger partial charge in [0.25, 0.3) is 0 Å². The van der Waals surface area contributed by atoms with Gasteiger partial charge >= 0.3 is 11.7 Å². The molecule has 5 nitrogen and oxygen atoms in total. The van der Waals surface area contributed by atoms with E-state index < -0.39 is 17.5 Å². The van der Waals surface area contributed by atoms with Gasteiger partial charge in [-0.1, -0.05) is 12.1 Å². The van der Waals surface area contributed by atoms with E-state index in [0.717, 1.165) is 4.57 Å². The maximum atomic E-state index is 13.8. The van der Waals surface area contributed by atoms with Crippen LogP contribution in [0.4, 0.5) is 4.39 Å². The lowest BCUT2D eigenvalue weighted by Gasteiger charge is -2.04. The fourth-order valence-electron chi connectivity index (χ4n) is 2.11. The number of carboxylic acids is 1. The second-order valence-corrected chi connectivity index (χ2v) is 4.25. The predicted octanol–water partition coefficient (Wildman–Crippen LogP) is 2.16. The standard InChI is InChI=1S/C14H9FN2O3/c15-9-3-1-2-4-11(9)17-12-7-8(13(18)19)5-6-10(12)16-14(17)20/h1-7H,(H,16,20)(H,18,19). The van der Waals surface area contributed by atoms with E-state index in [1.165, 1.54) is 36.4 Å². The molecule has 1 heterocycles. The van der Waals surface area contributed by atoms with E-state index in [0.29, 0.717) is 11.0 Å². The van der Waals surface area contributed by atoms with E-state index >= 15 is 0 Å². The minimum absolute atomic E-state index is 0.0292. The molecule has 3 rings (SSSR count). The fourth-order valence-corrected chi connectivity index (χ4v) is 2.11. The largest absolute Gasteiger partial charge is 0.478 e. The van der Waals surface area contributed by atoms with Crippen molar-refractivity contribution in [1.29, 1.82) is 0 Å². The number of imidazole rings is 1. The molecular weight excluding hydrogens is 263 g/mol. The number of benzene rings is 2. The average molecular weight is 272 g/mol. The van der Waals surface area contributed by atoms with Crippen molar-refractivity contribution in [2.24, 2.45) is 0 Å². The highest BCUT2D eigenvalue weighted by atomic mass is 19.1. The molecule has 2 aromatic carbocycles. The summed E-state index contributed by atoms with van der Waals surface area (Å²) in [5.41, 5.74) is 0.351. The summed E-state index contributed by atoms with van der Waals surface area (Å²) in [5, 5.41) is 9.00. The Morgan fingerprint density at radius 1 is 1.20 bits per heavy atom. The lowest BCUT2D eigenvalue weighted by molar-refractivity contribution is 0.0697. The number of H-pyrrole nitrogens is 1. The Morgan fingerprint density at radius 3 is 2.65 bits per heavy atom. The molecule has 0 radical (unpaired) electrons. The Hall–Kier alpha value is -2.89. The maximum absolute atomic E-state index is 13.8. The third-order valence-corrected chi connectivity index (χ3v) is 3.02. The lowest BCUT2D eigenvalue weighted by atomic mass is 10.2. The van der Waals surface area contributed by atoms with E-state index in [4.69, 9.17) is 5.11 Å². The van der Waals surface area contributed by atoms with Gasteiger partial charge in [0.15, 0.2) is 0 Å². The molecule has 0 saturated carbocycles. The second-order valence-electron chi connectivity index (χ2n) is 4.25. The molecule has 0 saturated heterocycles. The van der Waals surface area contributed by atoms with Crippen molar-refractivity contribution in [3.8, 4) is 5.69 Å². The van der Waals surface area contributed by atoms with Gasteiger partial charge in [0.05, 0.1) is 22.3 Å². The molecule has 0 unspecified atom stereocenters. The zero-order valence-corrected chi connectivity index (χ0v) is 10.1. The van der Waals surface area contributed by atoms with Crippen LogP contribution in [0.15, 0.2) is 47.3 Å². The minimum Gasteiger partial charge on any atom is -0.478 e. The number of rotatable bonds is 2. The first-order chi connectivity index (χ1) is 9.58. The van der Waals surface area contributed by atoms with E-state index in [1.54, 1.807) is 6.07 Å². The number of nitrogens with one attached hydrogen (secondary N) is 1. The summed E-state index contributed by atoms with van der Waals surface area (Å²) < 4.78 is 15.0. The number of aromatic amines is 1. The van der Waals surface area contributed by atoms with E-state index in [-0.39, 0.29) is 11.3 Å². The van der Waals surface area contributed by atoms with Crippen LogP contribution in [0.5, 0.6) is 0 Å². The molecule has 1 aromatic heterocycles. The quantitative estimate of drug-likeness (QED) is 0.750. The van der Waals surface area contributed by atoms with Gasteiger partial charge in [0, 0.05) is 0 Å². The molecule has 0 aliphatic heterocycles. The van der Waals surface area contributed by atoms with Gasteiger partial charge < -0.3 is 10.1 Å². The number of nitrogens with zero attached hydrogens (tertiary/aromatic N) is 1. The minimum atomic E-state index is -1.11. The molecule has 0 aliphatic rings. The number of hydrogen-bond acceptors (Lipinski definition) is 2. The van der Waals surface area contributed by atoms with Crippen LogP contribution in [0.1, 0.15) is 10.4 Å². The molecular formula is C14H9FN2O3. The zero-order chi connectivity index (χ0) is 14.3. The Kier molecular flexibility index (Phi) is 2.64. The van der Waals surface area contributed by atoms with Crippen molar-refractivity contribution in [2.45, 2.75) is 0 Å². The third kappa shape index (κ3) is 1.78. The lowest BCUT2D eigenvalue weighted by Crippen LogP contribution is -2.15. The Bertz CT molecular complexity index is 880. The monoisotopic (exact) mass is 272 g/mol. The molecule has 100 valence electrons. The SMILES string of the molecule is O=C(O)c1ccc2[nH]c(=O)n(-c3ccccc3F)c2c1. The van der Waals surface area contributed by atoms with Crippen molar-refractivity contribution >= 4 is 17.0 Å². The first-order valence-corrected chi connectivity index (χ1v) is 5.81. The van der Waals surface area contributed by atoms with Crippen LogP contribution in [0.3, 0.4) is 0 Å². The number of carbonyl (C=O) groups is 1. The first kappa shape index (κ1) is 12.2. The van der Waals surface area contributed by atoms with E-state index in [1.807, 2.05) is 0 Å². The Labute approximate surface area is 111 Å². The highest BCUT2D eigenvalue weighted by molar-refractivity contribution is 5.92. The summed E-state index contributed by atoms with van der Waals surface area (Å²) in [6, 6.07) is 10.0. The van der Waals surface area contributed by atoms with Gasteiger partial charge in [0.2, 0.25) is 0 Å². The second kappa shape index (κ2) is 4.34. The topological polar surface area (TPSA) is 75.1 Å². The summed E-state index contributed by atoms with van der Waals surface area (Å²) in [6.07, 6.45) is 0. The van der Waals surface area contributed by atoms with Crippen molar-refractivity contribution in [3.63, 3.8) is 0 Å². The summed E-state index contributed by atoms with van der Waals surface area (Å²) in [7, 11) is 0. The van der Waals surface area contributed by atoms with Gasteiger partial charge in [-0.15, -0.1) is 0 Å². The van der Waals surface area contributed by atoms with Crippen LogP contribution < -0.4 is 5.69 Å². The van der Waals surface area contributed by atoms with Gasteiger partial charge in [-0.3, -0.25) is 4.57 Å². The number of aromatic nitrogens is 2. The number of para-hydroxylation sites is 1. The number of aromatic carboxylic acids is 1. The van der Waals surface area contributed by atoms with Gasteiger partial charge in [0.1, 0.15) is 5.82 Å². The molecule has 20 heavy (non-hydrogen) atoms. The summed E-state index contributed by atoms with van der Waals surface area (Å²) in [5.74, 6) is -1.67. The highest BCUT2D eigenvalue weighted by Gasteiger charge is 2.14. The highest BCUT2D eigenvalue weighted by Crippen LogP contribution is 2.19. The Morgan fingerprint density at radius 2 is 1.95 bits per heavy atom. The van der Waals surface area contributed by atoms with Crippen LogP contribution in [-0.2, 0) is 0 Å². The van der Waals surface area contributed by atoms with Gasteiger partial charge in [-0.25, -0.2) is 14.0 Å². The number of hydrogen-bond donors (Lipinski definition) is 2. The molecule has 0 atom stereocenters. The van der Waals surface area contributed by atoms with Crippen molar-refractivity contribution < 1.29 is 14.3 Å². The van der Waals surface area contributed by atoms with Gasteiger partial charge in [-0.05, 0) is 30.3 Å². The molecule has 2 N–H and O–H groups in total. The average Bonchev–Trinajstić information content (AvgIpc) is 2.74. The van der Waals surface area contributed by atoms with Crippen LogP contribution in [0, 0.1) is 5.82 Å². The van der Waals surface area contributed by atoms with Crippen molar-refractivity contribution in [2.75, 3.05) is 0 Å². The first-order valence-electron chi connectivity index (χ1n) is 5.81. The van der Waals surface area contributed by atoms with E-state index in [2.05, 4.69) is 4.98 Å². The predicted molar refractivity (Wildman–Crippen MR) is 70.8 cm³/mol. The smallest absolute Gasteiger partial charge is 0.335 e. The van der Waals surface area contributed by atoms with Crippen LogP contribution >= 0.6 is 0 Å². The molecule has 0 fully saturated rings. The number of halogens is 1. The maximum Gasteiger partial charge on any atom is 0.335 e. The van der Waals surface area contributed by atoms with Gasteiger partial charge in [-0.2, -0.15) is 0 Å². The molecule has 0 spiro atoms. The van der Waals surface area contributed by atoms with Crippen molar-refractivity contribution in [3.05, 3.63) is 64.3 Å². The zero-order valence-electron chi connectivity index (χ0n) is 10.1. The molecule has 3 aromatic rings. The summed E-state index contributed by atoms with van der Waals surface area (Å²) in [6.45, 7) is 0. The molecule has 6 heteroatoms.